The fraction of sp³-hybridized carbons (Fsp3) is 0.348. The number of hydrogen-bond donors (Lipinski definition) is 3. The molecule has 0 unspecified atom stereocenters. The molecule has 1 aliphatic rings. The lowest BCUT2D eigenvalue weighted by molar-refractivity contribution is -0.921. The van der Waals surface area contributed by atoms with E-state index >= 15 is 0 Å². The van der Waals surface area contributed by atoms with Gasteiger partial charge in [-0.05, 0) is 36.8 Å². The van der Waals surface area contributed by atoms with E-state index in [2.05, 4.69) is 22.8 Å². The van der Waals surface area contributed by atoms with Crippen LogP contribution < -0.4 is 15.5 Å². The number of rotatable bonds is 7. The summed E-state index contributed by atoms with van der Waals surface area (Å²) in [5.74, 6) is -1.93. The van der Waals surface area contributed by atoms with Gasteiger partial charge >= 0.3 is 17.8 Å². The van der Waals surface area contributed by atoms with E-state index in [9.17, 15) is 14.4 Å². The summed E-state index contributed by atoms with van der Waals surface area (Å²) in [6, 6.07) is 14.2. The highest BCUT2D eigenvalue weighted by atomic mass is 16.5. The maximum absolute atomic E-state index is 12.1. The van der Waals surface area contributed by atoms with Gasteiger partial charge in [0.2, 0.25) is 0 Å². The molecular formula is C23H28N3O5+. The average molecular weight is 426 g/mol. The van der Waals surface area contributed by atoms with Gasteiger partial charge < -0.3 is 25.0 Å². The number of nitrogens with one attached hydrogen (secondary N) is 3. The van der Waals surface area contributed by atoms with Gasteiger partial charge in [0.05, 0.1) is 25.4 Å². The number of esters is 1. The van der Waals surface area contributed by atoms with E-state index in [-0.39, 0.29) is 13.2 Å². The normalized spacial score (nSPS) is 14.0. The summed E-state index contributed by atoms with van der Waals surface area (Å²) < 4.78 is 10.3. The van der Waals surface area contributed by atoms with Crippen molar-refractivity contribution in [3.63, 3.8) is 0 Å². The van der Waals surface area contributed by atoms with E-state index in [4.69, 9.17) is 9.47 Å². The van der Waals surface area contributed by atoms with Crippen LogP contribution in [-0.2, 0) is 32.2 Å². The molecule has 0 aromatic heterocycles. The summed E-state index contributed by atoms with van der Waals surface area (Å²) in [5, 5.41) is 5.13. The second-order valence-corrected chi connectivity index (χ2v) is 7.29. The van der Waals surface area contributed by atoms with Crippen LogP contribution in [0.5, 0.6) is 0 Å². The monoisotopic (exact) mass is 426 g/mol. The van der Waals surface area contributed by atoms with Crippen molar-refractivity contribution in [1.29, 1.82) is 0 Å². The van der Waals surface area contributed by atoms with Gasteiger partial charge in [-0.15, -0.1) is 0 Å². The summed E-state index contributed by atoms with van der Waals surface area (Å²) in [7, 11) is 0. The fourth-order valence-corrected chi connectivity index (χ4v) is 3.26. The van der Waals surface area contributed by atoms with Gasteiger partial charge in [-0.25, -0.2) is 4.79 Å². The molecule has 0 radical (unpaired) electrons. The Morgan fingerprint density at radius 3 is 2.23 bits per heavy atom. The molecule has 1 heterocycles. The highest BCUT2D eigenvalue weighted by Crippen LogP contribution is 2.10. The second kappa shape index (κ2) is 11.2. The zero-order chi connectivity index (χ0) is 22.1. The summed E-state index contributed by atoms with van der Waals surface area (Å²) in [6.07, 6.45) is 0. The van der Waals surface area contributed by atoms with Crippen LogP contribution in [-0.4, -0.2) is 50.7 Å². The summed E-state index contributed by atoms with van der Waals surface area (Å²) in [6.45, 7) is 6.86. The second-order valence-electron chi connectivity index (χ2n) is 7.29. The molecule has 0 spiro atoms. The van der Waals surface area contributed by atoms with Gasteiger partial charge in [-0.3, -0.25) is 9.59 Å². The zero-order valence-corrected chi connectivity index (χ0v) is 17.6. The van der Waals surface area contributed by atoms with Crippen LogP contribution in [0.15, 0.2) is 48.5 Å². The lowest BCUT2D eigenvalue weighted by atomic mass is 10.1. The van der Waals surface area contributed by atoms with Crippen LogP contribution in [0.4, 0.5) is 5.69 Å². The zero-order valence-electron chi connectivity index (χ0n) is 17.6. The Balaban J connectivity index is 1.44. The minimum absolute atomic E-state index is 0.263. The van der Waals surface area contributed by atoms with E-state index in [1.54, 1.807) is 19.1 Å². The van der Waals surface area contributed by atoms with E-state index in [1.165, 1.54) is 22.6 Å². The highest BCUT2D eigenvalue weighted by Gasteiger charge is 2.15. The van der Waals surface area contributed by atoms with Crippen molar-refractivity contribution in [3.8, 4) is 0 Å². The number of quaternary nitrogens is 1. The summed E-state index contributed by atoms with van der Waals surface area (Å²) in [4.78, 5) is 37.3. The van der Waals surface area contributed by atoms with E-state index < -0.39 is 17.8 Å². The predicted molar refractivity (Wildman–Crippen MR) is 115 cm³/mol. The van der Waals surface area contributed by atoms with Crippen LogP contribution in [0.3, 0.4) is 0 Å². The van der Waals surface area contributed by atoms with Crippen molar-refractivity contribution in [1.82, 2.24) is 5.32 Å². The Morgan fingerprint density at radius 1 is 0.935 bits per heavy atom. The fourth-order valence-electron chi connectivity index (χ4n) is 3.26. The largest absolute Gasteiger partial charge is 0.462 e. The number of hydrogen-bond acceptors (Lipinski definition) is 5. The third-order valence-electron chi connectivity index (χ3n) is 4.99. The third-order valence-corrected chi connectivity index (χ3v) is 4.99. The maximum atomic E-state index is 12.1. The number of carbonyl (C=O) groups is 3. The van der Waals surface area contributed by atoms with Crippen LogP contribution in [0, 0.1) is 0 Å². The Bertz CT molecular complexity index is 890. The predicted octanol–water partition coefficient (Wildman–Crippen LogP) is 0.533. The molecule has 164 valence electrons. The molecule has 8 heteroatoms. The molecule has 3 N–H and O–H groups in total. The molecule has 2 amide bonds. The van der Waals surface area contributed by atoms with Crippen LogP contribution in [0.2, 0.25) is 0 Å². The van der Waals surface area contributed by atoms with Crippen LogP contribution in [0.25, 0.3) is 0 Å². The first kappa shape index (κ1) is 22.5. The van der Waals surface area contributed by atoms with E-state index in [0.717, 1.165) is 38.4 Å². The molecule has 1 saturated heterocycles. The smallest absolute Gasteiger partial charge is 0.338 e. The number of carbonyl (C=O) groups excluding carboxylic acids is 3. The Kier molecular flexibility index (Phi) is 8.14. The molecule has 3 rings (SSSR count). The highest BCUT2D eigenvalue weighted by molar-refractivity contribution is 6.39. The van der Waals surface area contributed by atoms with Gasteiger partial charge in [0.1, 0.15) is 19.6 Å². The van der Waals surface area contributed by atoms with Gasteiger partial charge in [0.15, 0.2) is 0 Å². The number of benzene rings is 2. The SMILES string of the molecule is CCOC(=O)c1ccc(NC(=O)C(=O)NCc2ccc(C[NH+]3CCOCC3)cc2)cc1. The minimum Gasteiger partial charge on any atom is -0.462 e. The molecule has 31 heavy (non-hydrogen) atoms. The first-order chi connectivity index (χ1) is 15.0. The van der Waals surface area contributed by atoms with E-state index in [0.29, 0.717) is 11.3 Å². The molecular weight excluding hydrogens is 398 g/mol. The lowest BCUT2D eigenvalue weighted by Gasteiger charge is -2.23. The number of morpholine rings is 1. The quantitative estimate of drug-likeness (QED) is 0.443. The molecule has 2 aromatic rings. The molecule has 0 atom stereocenters. The van der Waals surface area contributed by atoms with Crippen molar-refractivity contribution in [3.05, 3.63) is 65.2 Å². The van der Waals surface area contributed by atoms with Crippen molar-refractivity contribution in [2.45, 2.75) is 20.0 Å². The number of anilines is 1. The lowest BCUT2D eigenvalue weighted by Crippen LogP contribution is -3.12. The molecule has 8 nitrogen and oxygen atoms in total. The summed E-state index contributed by atoms with van der Waals surface area (Å²) in [5.41, 5.74) is 2.95. The van der Waals surface area contributed by atoms with Crippen molar-refractivity contribution >= 4 is 23.5 Å². The van der Waals surface area contributed by atoms with Crippen LogP contribution >= 0.6 is 0 Å². The Morgan fingerprint density at radius 2 is 1.58 bits per heavy atom. The first-order valence-corrected chi connectivity index (χ1v) is 10.4. The molecule has 0 saturated carbocycles. The van der Waals surface area contributed by atoms with Gasteiger partial charge in [-0.2, -0.15) is 0 Å². The van der Waals surface area contributed by atoms with Crippen molar-refractivity contribution in [2.75, 3.05) is 38.2 Å². The van der Waals surface area contributed by atoms with Crippen molar-refractivity contribution in [2.24, 2.45) is 0 Å². The minimum atomic E-state index is -0.767. The van der Waals surface area contributed by atoms with Gasteiger partial charge in [0, 0.05) is 17.8 Å². The molecule has 1 fully saturated rings. The standard InChI is InChI=1S/C23H27N3O5/c1-2-31-23(29)19-7-9-20(10-8-19)25-22(28)21(27)24-15-17-3-5-18(6-4-17)16-26-11-13-30-14-12-26/h3-10H,2,11-16H2,1H3,(H,24,27)(H,25,28)/p+1. The summed E-state index contributed by atoms with van der Waals surface area (Å²) >= 11 is 0. The van der Waals surface area contributed by atoms with Crippen molar-refractivity contribution < 1.29 is 28.8 Å². The Hall–Kier alpha value is -3.23. The van der Waals surface area contributed by atoms with Gasteiger partial charge in [0.25, 0.3) is 0 Å². The number of ether oxygens (including phenoxy) is 2. The molecule has 2 aromatic carbocycles. The Labute approximate surface area is 181 Å². The molecule has 0 bridgehead atoms. The average Bonchev–Trinajstić information content (AvgIpc) is 2.79. The number of amides is 2. The van der Waals surface area contributed by atoms with Gasteiger partial charge in [-0.1, -0.05) is 24.3 Å². The first-order valence-electron chi connectivity index (χ1n) is 10.4. The van der Waals surface area contributed by atoms with E-state index in [1.807, 2.05) is 12.1 Å². The topological polar surface area (TPSA) is 98.2 Å². The maximum Gasteiger partial charge on any atom is 0.338 e. The molecule has 0 aliphatic carbocycles. The molecule has 1 aliphatic heterocycles. The van der Waals surface area contributed by atoms with Crippen LogP contribution in [0.1, 0.15) is 28.4 Å². The third kappa shape index (κ3) is 6.91.